The molecule has 0 saturated heterocycles. The average molecular weight is 787 g/mol. The third-order valence-electron chi connectivity index (χ3n) is 11.5. The molecule has 4 nitrogen and oxygen atoms in total. The highest BCUT2D eigenvalue weighted by molar-refractivity contribution is 7.21. The zero-order valence-electron chi connectivity index (χ0n) is 32.2. The van der Waals surface area contributed by atoms with Crippen molar-refractivity contribution < 1.29 is 8.83 Å². The van der Waals surface area contributed by atoms with Gasteiger partial charge < -0.3 is 13.7 Å². The van der Waals surface area contributed by atoms with E-state index in [0.29, 0.717) is 0 Å². The first-order chi connectivity index (χ1) is 29.7. The molecule has 0 spiro atoms. The standard InChI is InChI=1S/C55H34N2O2S/c1-3-11-35(12-4-1)39-15-9-16-43(33-39)57(42-28-23-37(24-29-42)44-18-10-19-46-45-17-7-8-20-48(45)59-54(44)46)41-26-21-36(22-27-41)40-25-30-49-47(34-40)52-50(58-49)31-32-51-53(52)56-55(60-51)38-13-5-2-6-14-38/h1-34H. The van der Waals surface area contributed by atoms with Gasteiger partial charge in [0.15, 0.2) is 0 Å². The quantitative estimate of drug-likeness (QED) is 0.161. The summed E-state index contributed by atoms with van der Waals surface area (Å²) < 4.78 is 13.9. The van der Waals surface area contributed by atoms with Gasteiger partial charge in [-0.15, -0.1) is 11.3 Å². The molecular weight excluding hydrogens is 753 g/mol. The smallest absolute Gasteiger partial charge is 0.143 e. The van der Waals surface area contributed by atoms with Crippen LogP contribution in [0.25, 0.3) is 98.0 Å². The maximum absolute atomic E-state index is 6.42. The van der Waals surface area contributed by atoms with Crippen LogP contribution in [-0.2, 0) is 0 Å². The summed E-state index contributed by atoms with van der Waals surface area (Å²) in [7, 11) is 0. The summed E-state index contributed by atoms with van der Waals surface area (Å²) in [4.78, 5) is 7.47. The summed E-state index contributed by atoms with van der Waals surface area (Å²) in [5.74, 6) is 0. The zero-order valence-corrected chi connectivity index (χ0v) is 33.1. The minimum atomic E-state index is 0.851. The Morgan fingerprint density at radius 2 is 0.983 bits per heavy atom. The van der Waals surface area contributed by atoms with E-state index in [-0.39, 0.29) is 0 Å². The summed E-state index contributed by atoms with van der Waals surface area (Å²) in [5.41, 5.74) is 15.6. The van der Waals surface area contributed by atoms with Crippen LogP contribution in [0.4, 0.5) is 17.1 Å². The van der Waals surface area contributed by atoms with Crippen LogP contribution >= 0.6 is 11.3 Å². The van der Waals surface area contributed by atoms with Crippen molar-refractivity contribution in [3.8, 4) is 44.0 Å². The fourth-order valence-corrected chi connectivity index (χ4v) is 9.59. The third kappa shape index (κ3) is 5.78. The Bertz CT molecular complexity index is 3530. The molecule has 5 heteroatoms. The Morgan fingerprint density at radius 1 is 0.383 bits per heavy atom. The molecule has 9 aromatic carbocycles. The second-order valence-electron chi connectivity index (χ2n) is 15.1. The van der Waals surface area contributed by atoms with Crippen LogP contribution in [0.1, 0.15) is 0 Å². The number of hydrogen-bond donors (Lipinski definition) is 0. The lowest BCUT2D eigenvalue weighted by atomic mass is 10.0. The highest BCUT2D eigenvalue weighted by atomic mass is 32.1. The fourth-order valence-electron chi connectivity index (χ4n) is 8.61. The van der Waals surface area contributed by atoms with Crippen molar-refractivity contribution in [3.63, 3.8) is 0 Å². The summed E-state index contributed by atoms with van der Waals surface area (Å²) in [6.45, 7) is 0. The Kier molecular flexibility index (Phi) is 8.00. The molecule has 0 radical (unpaired) electrons. The van der Waals surface area contributed by atoms with Crippen molar-refractivity contribution in [1.29, 1.82) is 0 Å². The van der Waals surface area contributed by atoms with Gasteiger partial charge in [0.2, 0.25) is 0 Å². The molecule has 282 valence electrons. The number of furan rings is 2. The zero-order chi connectivity index (χ0) is 39.6. The summed E-state index contributed by atoms with van der Waals surface area (Å²) in [6.07, 6.45) is 0. The highest BCUT2D eigenvalue weighted by Crippen LogP contribution is 2.43. The number of hydrogen-bond acceptors (Lipinski definition) is 5. The van der Waals surface area contributed by atoms with E-state index in [4.69, 9.17) is 13.8 Å². The molecule has 0 unspecified atom stereocenters. The van der Waals surface area contributed by atoms with Gasteiger partial charge in [-0.1, -0.05) is 140 Å². The molecule has 0 atom stereocenters. The van der Waals surface area contributed by atoms with E-state index in [1.54, 1.807) is 11.3 Å². The van der Waals surface area contributed by atoms with Crippen molar-refractivity contribution in [2.24, 2.45) is 0 Å². The lowest BCUT2D eigenvalue weighted by molar-refractivity contribution is 0.669. The van der Waals surface area contributed by atoms with Gasteiger partial charge in [-0.25, -0.2) is 4.98 Å². The topological polar surface area (TPSA) is 42.4 Å². The maximum atomic E-state index is 6.42. The first kappa shape index (κ1) is 34.3. The van der Waals surface area contributed by atoms with Gasteiger partial charge in [0.1, 0.15) is 27.3 Å². The minimum Gasteiger partial charge on any atom is -0.456 e. The molecule has 0 saturated carbocycles. The third-order valence-corrected chi connectivity index (χ3v) is 12.6. The van der Waals surface area contributed by atoms with Crippen molar-refractivity contribution in [2.75, 3.05) is 4.90 Å². The van der Waals surface area contributed by atoms with Crippen molar-refractivity contribution in [2.45, 2.75) is 0 Å². The normalized spacial score (nSPS) is 11.7. The van der Waals surface area contributed by atoms with E-state index in [9.17, 15) is 0 Å². The molecule has 3 aromatic heterocycles. The van der Waals surface area contributed by atoms with Gasteiger partial charge in [-0.2, -0.15) is 0 Å². The molecule has 12 rings (SSSR count). The molecule has 0 fully saturated rings. The Morgan fingerprint density at radius 3 is 1.78 bits per heavy atom. The molecular formula is C55H34N2O2S. The van der Waals surface area contributed by atoms with Gasteiger partial charge in [0, 0.05) is 44.3 Å². The Labute approximate surface area is 349 Å². The van der Waals surface area contributed by atoms with E-state index >= 15 is 0 Å². The van der Waals surface area contributed by atoms with E-state index in [1.807, 2.05) is 18.2 Å². The van der Waals surface area contributed by atoms with Crippen LogP contribution in [0, 0.1) is 0 Å². The van der Waals surface area contributed by atoms with Gasteiger partial charge in [-0.05, 0) is 94.5 Å². The van der Waals surface area contributed by atoms with Crippen molar-refractivity contribution >= 4 is 82.5 Å². The van der Waals surface area contributed by atoms with E-state index in [0.717, 1.165) is 110 Å². The first-order valence-electron chi connectivity index (χ1n) is 20.1. The lowest BCUT2D eigenvalue weighted by Gasteiger charge is -2.26. The lowest BCUT2D eigenvalue weighted by Crippen LogP contribution is -2.10. The van der Waals surface area contributed by atoms with Crippen molar-refractivity contribution in [1.82, 2.24) is 4.98 Å². The van der Waals surface area contributed by atoms with Gasteiger partial charge in [0.05, 0.1) is 15.6 Å². The highest BCUT2D eigenvalue weighted by Gasteiger charge is 2.19. The number of anilines is 3. The predicted octanol–water partition coefficient (Wildman–Crippen LogP) is 16.2. The maximum Gasteiger partial charge on any atom is 0.143 e. The molecule has 12 aromatic rings. The number of thiazole rings is 1. The Hall–Kier alpha value is -7.73. The van der Waals surface area contributed by atoms with Crippen LogP contribution in [0.5, 0.6) is 0 Å². The van der Waals surface area contributed by atoms with Gasteiger partial charge in [0.25, 0.3) is 0 Å². The van der Waals surface area contributed by atoms with Crippen LogP contribution < -0.4 is 4.90 Å². The Balaban J connectivity index is 0.939. The number of nitrogens with zero attached hydrogens (tertiary/aromatic N) is 2. The van der Waals surface area contributed by atoms with Crippen LogP contribution in [0.15, 0.2) is 215 Å². The van der Waals surface area contributed by atoms with E-state index in [2.05, 4.69) is 193 Å². The van der Waals surface area contributed by atoms with Gasteiger partial charge in [-0.3, -0.25) is 0 Å². The number of para-hydroxylation sites is 2. The van der Waals surface area contributed by atoms with Crippen LogP contribution in [0.3, 0.4) is 0 Å². The summed E-state index contributed by atoms with van der Waals surface area (Å²) in [6, 6.07) is 72.7. The monoisotopic (exact) mass is 786 g/mol. The first-order valence-corrected chi connectivity index (χ1v) is 20.9. The molecule has 0 amide bonds. The molecule has 60 heavy (non-hydrogen) atoms. The molecule has 0 aliphatic rings. The minimum absolute atomic E-state index is 0.851. The second kappa shape index (κ2) is 14.0. The fraction of sp³-hybridized carbons (Fsp3) is 0. The summed E-state index contributed by atoms with van der Waals surface area (Å²) >= 11 is 1.72. The van der Waals surface area contributed by atoms with E-state index < -0.39 is 0 Å². The number of fused-ring (bicyclic) bond motifs is 8. The van der Waals surface area contributed by atoms with Gasteiger partial charge >= 0.3 is 0 Å². The largest absolute Gasteiger partial charge is 0.456 e. The molecule has 0 bridgehead atoms. The molecule has 0 aliphatic carbocycles. The SMILES string of the molecule is c1ccc(-c2cccc(N(c3ccc(-c4ccc5oc6ccc7sc(-c8ccccc8)nc7c6c5c4)cc3)c3ccc(-c4cccc5c4oc4ccccc45)cc3)c2)cc1. The van der Waals surface area contributed by atoms with E-state index in [1.165, 1.54) is 5.56 Å². The molecule has 0 N–H and O–H groups in total. The number of rotatable bonds is 7. The second-order valence-corrected chi connectivity index (χ2v) is 16.1. The summed E-state index contributed by atoms with van der Waals surface area (Å²) in [5, 5.41) is 5.39. The van der Waals surface area contributed by atoms with Crippen LogP contribution in [0.2, 0.25) is 0 Å². The molecule has 0 aliphatic heterocycles. The average Bonchev–Trinajstić information content (AvgIpc) is 4.04. The van der Waals surface area contributed by atoms with Crippen molar-refractivity contribution in [3.05, 3.63) is 206 Å². The number of benzene rings is 9. The predicted molar refractivity (Wildman–Crippen MR) is 251 cm³/mol. The van der Waals surface area contributed by atoms with Crippen LogP contribution in [-0.4, -0.2) is 4.98 Å². The number of aromatic nitrogens is 1. The molecule has 3 heterocycles.